The van der Waals surface area contributed by atoms with E-state index in [1.807, 2.05) is 6.92 Å². The number of ether oxygens (including phenoxy) is 1. The fourth-order valence-corrected chi connectivity index (χ4v) is 1.76. The molecule has 3 nitrogen and oxygen atoms in total. The molecule has 0 aromatic rings. The minimum absolute atomic E-state index is 0.314. The highest BCUT2D eigenvalue weighted by atomic mass is 28.3. The van der Waals surface area contributed by atoms with Crippen LogP contribution in [-0.4, -0.2) is 28.2 Å². The zero-order chi connectivity index (χ0) is 10.3. The van der Waals surface area contributed by atoms with Crippen LogP contribution in [0, 0.1) is 0 Å². The summed E-state index contributed by atoms with van der Waals surface area (Å²) in [4.78, 5) is 10.9. The molecule has 0 aromatic carbocycles. The first-order valence-electron chi connectivity index (χ1n) is 4.35. The topological polar surface area (TPSA) is 35.5 Å². The number of carbonyl (C=O) groups is 1. The number of esters is 1. The van der Waals surface area contributed by atoms with E-state index in [1.165, 1.54) is 0 Å². The zero-order valence-corrected chi connectivity index (χ0v) is 9.55. The summed E-state index contributed by atoms with van der Waals surface area (Å²) in [5.74, 6) is -0.314. The number of hydrogen-bond acceptors (Lipinski definition) is 3. The fourth-order valence-electron chi connectivity index (χ4n) is 0.729. The van der Waals surface area contributed by atoms with E-state index in [1.54, 1.807) is 6.92 Å². The van der Waals surface area contributed by atoms with Crippen molar-refractivity contribution in [3.63, 3.8) is 0 Å². The Hall–Kier alpha value is -0.613. The molecule has 0 unspecified atom stereocenters. The summed E-state index contributed by atoms with van der Waals surface area (Å²) in [5, 5.41) is 0. The Morgan fingerprint density at radius 3 is 2.62 bits per heavy atom. The van der Waals surface area contributed by atoms with Gasteiger partial charge in [-0.1, -0.05) is 6.58 Å². The molecule has 0 spiro atoms. The third kappa shape index (κ3) is 6.54. The van der Waals surface area contributed by atoms with Gasteiger partial charge in [0.15, 0.2) is 0 Å². The minimum atomic E-state index is -0.768. The predicted octanol–water partition coefficient (Wildman–Crippen LogP) is 1.76. The quantitative estimate of drug-likeness (QED) is 0.373. The van der Waals surface area contributed by atoms with Crippen molar-refractivity contribution in [2.45, 2.75) is 26.4 Å². The van der Waals surface area contributed by atoms with Gasteiger partial charge in [-0.05, 0) is 20.4 Å². The van der Waals surface area contributed by atoms with Crippen molar-refractivity contribution in [1.82, 2.24) is 0 Å². The van der Waals surface area contributed by atoms with Gasteiger partial charge in [-0.25, -0.2) is 4.79 Å². The Morgan fingerprint density at radius 2 is 2.15 bits per heavy atom. The Morgan fingerprint density at radius 1 is 1.54 bits per heavy atom. The highest BCUT2D eigenvalue weighted by molar-refractivity contribution is 6.50. The van der Waals surface area contributed by atoms with E-state index in [4.69, 9.17) is 9.16 Å². The Kier molecular flexibility index (Phi) is 6.53. The summed E-state index contributed by atoms with van der Waals surface area (Å²) in [7, 11) is -0.768. The number of hydrogen-bond donors (Lipinski definition) is 0. The van der Waals surface area contributed by atoms with Gasteiger partial charge < -0.3 is 9.16 Å². The van der Waals surface area contributed by atoms with Crippen LogP contribution in [0.5, 0.6) is 0 Å². The third-order valence-corrected chi connectivity index (χ3v) is 3.12. The van der Waals surface area contributed by atoms with Crippen LogP contribution >= 0.6 is 0 Å². The maximum Gasteiger partial charge on any atom is 0.333 e. The van der Waals surface area contributed by atoms with Crippen molar-refractivity contribution < 1.29 is 14.0 Å². The lowest BCUT2D eigenvalue weighted by Gasteiger charge is -2.08. The van der Waals surface area contributed by atoms with Crippen LogP contribution in [0.2, 0.25) is 12.6 Å². The molecule has 0 fully saturated rings. The van der Waals surface area contributed by atoms with Gasteiger partial charge in [0.25, 0.3) is 0 Å². The molecular formula is C9H17O3Si. The van der Waals surface area contributed by atoms with Crippen LogP contribution in [-0.2, 0) is 14.0 Å². The molecule has 1 radical (unpaired) electrons. The lowest BCUT2D eigenvalue weighted by molar-refractivity contribution is -0.138. The predicted molar refractivity (Wildman–Crippen MR) is 53.8 cm³/mol. The molecule has 0 heterocycles. The SMILES string of the molecule is C=C(C)C(=O)OCC[Si](C)OCC. The minimum Gasteiger partial charge on any atom is -0.463 e. The monoisotopic (exact) mass is 201 g/mol. The van der Waals surface area contributed by atoms with Crippen molar-refractivity contribution in [3.8, 4) is 0 Å². The van der Waals surface area contributed by atoms with Crippen molar-refractivity contribution in [1.29, 1.82) is 0 Å². The largest absolute Gasteiger partial charge is 0.463 e. The van der Waals surface area contributed by atoms with Crippen LogP contribution < -0.4 is 0 Å². The van der Waals surface area contributed by atoms with E-state index >= 15 is 0 Å². The molecule has 4 heteroatoms. The van der Waals surface area contributed by atoms with Gasteiger partial charge in [0.05, 0.1) is 6.61 Å². The molecule has 0 atom stereocenters. The first-order chi connectivity index (χ1) is 6.07. The average Bonchev–Trinajstić information content (AvgIpc) is 2.04. The molecule has 0 aliphatic heterocycles. The molecule has 0 rings (SSSR count). The van der Waals surface area contributed by atoms with Gasteiger partial charge in [0.1, 0.15) is 0 Å². The van der Waals surface area contributed by atoms with Crippen molar-refractivity contribution in [2.24, 2.45) is 0 Å². The molecule has 0 aromatic heterocycles. The Balaban J connectivity index is 3.44. The Bertz CT molecular complexity index is 180. The van der Waals surface area contributed by atoms with Crippen LogP contribution in [0.4, 0.5) is 0 Å². The normalized spacial score (nSPS) is 10.2. The van der Waals surface area contributed by atoms with Gasteiger partial charge in [0, 0.05) is 18.2 Å². The first-order valence-corrected chi connectivity index (χ1v) is 6.47. The molecule has 0 bridgehead atoms. The van der Waals surface area contributed by atoms with E-state index in [-0.39, 0.29) is 5.97 Å². The fraction of sp³-hybridized carbons (Fsp3) is 0.667. The summed E-state index contributed by atoms with van der Waals surface area (Å²) in [6.07, 6.45) is 0. The molecule has 0 N–H and O–H groups in total. The summed E-state index contributed by atoms with van der Waals surface area (Å²) in [6, 6.07) is 0.831. The smallest absolute Gasteiger partial charge is 0.333 e. The lowest BCUT2D eigenvalue weighted by Crippen LogP contribution is -2.17. The summed E-state index contributed by atoms with van der Waals surface area (Å²) in [5.41, 5.74) is 0.446. The maximum absolute atomic E-state index is 10.9. The third-order valence-electron chi connectivity index (χ3n) is 1.43. The van der Waals surface area contributed by atoms with Gasteiger partial charge in [-0.2, -0.15) is 0 Å². The van der Waals surface area contributed by atoms with Crippen LogP contribution in [0.15, 0.2) is 12.2 Å². The van der Waals surface area contributed by atoms with Crippen LogP contribution in [0.25, 0.3) is 0 Å². The zero-order valence-electron chi connectivity index (χ0n) is 8.55. The van der Waals surface area contributed by atoms with Gasteiger partial charge in [0.2, 0.25) is 9.04 Å². The first kappa shape index (κ1) is 12.4. The molecule has 75 valence electrons. The van der Waals surface area contributed by atoms with E-state index in [9.17, 15) is 4.79 Å². The number of rotatable bonds is 6. The standard InChI is InChI=1S/C9H17O3Si/c1-5-12-13(4)7-6-11-9(10)8(2)3/h2,5-7H2,1,3-4H3. The van der Waals surface area contributed by atoms with Crippen molar-refractivity contribution >= 4 is 15.0 Å². The van der Waals surface area contributed by atoms with E-state index < -0.39 is 9.04 Å². The highest BCUT2D eigenvalue weighted by Crippen LogP contribution is 1.98. The summed E-state index contributed by atoms with van der Waals surface area (Å²) in [6.45, 7) is 10.3. The molecule has 0 saturated carbocycles. The van der Waals surface area contributed by atoms with Crippen LogP contribution in [0.1, 0.15) is 13.8 Å². The van der Waals surface area contributed by atoms with E-state index in [0.29, 0.717) is 12.2 Å². The molecule has 0 saturated heterocycles. The average molecular weight is 201 g/mol. The van der Waals surface area contributed by atoms with Gasteiger partial charge in [-0.15, -0.1) is 0 Å². The van der Waals surface area contributed by atoms with Crippen LogP contribution in [0.3, 0.4) is 0 Å². The van der Waals surface area contributed by atoms with Crippen molar-refractivity contribution in [2.75, 3.05) is 13.2 Å². The second-order valence-electron chi connectivity index (χ2n) is 2.80. The Labute approximate surface area is 81.5 Å². The van der Waals surface area contributed by atoms with Crippen molar-refractivity contribution in [3.05, 3.63) is 12.2 Å². The molecule has 0 amide bonds. The van der Waals surface area contributed by atoms with E-state index in [2.05, 4.69) is 13.1 Å². The summed E-state index contributed by atoms with van der Waals surface area (Å²) < 4.78 is 10.3. The maximum atomic E-state index is 10.9. The molecule has 13 heavy (non-hydrogen) atoms. The molecule has 0 aliphatic carbocycles. The van der Waals surface area contributed by atoms with Gasteiger partial charge in [-0.3, -0.25) is 0 Å². The molecule has 0 aliphatic rings. The number of carbonyl (C=O) groups excluding carboxylic acids is 1. The molecular weight excluding hydrogens is 184 g/mol. The summed E-state index contributed by atoms with van der Waals surface area (Å²) >= 11 is 0. The lowest BCUT2D eigenvalue weighted by atomic mass is 10.4. The second-order valence-corrected chi connectivity index (χ2v) is 4.99. The highest BCUT2D eigenvalue weighted by Gasteiger charge is 2.07. The van der Waals surface area contributed by atoms with Gasteiger partial charge >= 0.3 is 5.97 Å². The second kappa shape index (κ2) is 6.86. The van der Waals surface area contributed by atoms with E-state index in [0.717, 1.165) is 12.7 Å².